The minimum atomic E-state index is -0.933. The van der Waals surface area contributed by atoms with E-state index in [1.807, 2.05) is 0 Å². The van der Waals surface area contributed by atoms with Gasteiger partial charge in [-0.25, -0.2) is 9.78 Å². The molecule has 2 aromatic rings. The number of aliphatic hydroxyl groups is 1. The first-order chi connectivity index (χ1) is 9.84. The van der Waals surface area contributed by atoms with Gasteiger partial charge in [-0.2, -0.15) is 0 Å². The summed E-state index contributed by atoms with van der Waals surface area (Å²) in [6.45, 7) is 7.17. The Kier molecular flexibility index (Phi) is 4.32. The molecule has 0 spiro atoms. The summed E-state index contributed by atoms with van der Waals surface area (Å²) < 4.78 is 2.08. The van der Waals surface area contributed by atoms with Crippen molar-refractivity contribution in [1.82, 2.24) is 9.55 Å². The summed E-state index contributed by atoms with van der Waals surface area (Å²) in [5, 5.41) is 18.1. The molecule has 114 valence electrons. The number of carbonyl (C=O) groups is 1. The fourth-order valence-corrected chi connectivity index (χ4v) is 2.44. The SMILES string of the molecule is CC(C)(C)c1nc2ccc(C(=O)O)cc2n1CCCCO. The average Bonchev–Trinajstić information content (AvgIpc) is 2.77. The largest absolute Gasteiger partial charge is 0.478 e. The second-order valence-electron chi connectivity index (χ2n) is 6.28. The highest BCUT2D eigenvalue weighted by atomic mass is 16.4. The monoisotopic (exact) mass is 290 g/mol. The average molecular weight is 290 g/mol. The van der Waals surface area contributed by atoms with Gasteiger partial charge in [-0.1, -0.05) is 20.8 Å². The lowest BCUT2D eigenvalue weighted by Crippen LogP contribution is -2.19. The molecule has 0 aliphatic heterocycles. The number of aliphatic hydroxyl groups excluding tert-OH is 1. The van der Waals surface area contributed by atoms with Crippen LogP contribution >= 0.6 is 0 Å². The number of rotatable bonds is 5. The van der Waals surface area contributed by atoms with Crippen LogP contribution in [-0.2, 0) is 12.0 Å². The lowest BCUT2D eigenvalue weighted by molar-refractivity contribution is 0.0697. The molecule has 21 heavy (non-hydrogen) atoms. The second kappa shape index (κ2) is 5.85. The minimum Gasteiger partial charge on any atom is -0.478 e. The van der Waals surface area contributed by atoms with Crippen molar-refractivity contribution in [3.63, 3.8) is 0 Å². The Morgan fingerprint density at radius 3 is 2.57 bits per heavy atom. The Morgan fingerprint density at radius 2 is 2.00 bits per heavy atom. The Hall–Kier alpha value is -1.88. The van der Waals surface area contributed by atoms with Gasteiger partial charge in [0.25, 0.3) is 0 Å². The maximum atomic E-state index is 11.2. The molecule has 1 aromatic heterocycles. The molecule has 0 bridgehead atoms. The molecule has 5 heteroatoms. The van der Waals surface area contributed by atoms with Crippen LogP contribution in [0.5, 0.6) is 0 Å². The second-order valence-corrected chi connectivity index (χ2v) is 6.28. The maximum Gasteiger partial charge on any atom is 0.335 e. The van der Waals surface area contributed by atoms with Crippen molar-refractivity contribution >= 4 is 17.0 Å². The number of benzene rings is 1. The quantitative estimate of drug-likeness (QED) is 0.830. The highest BCUT2D eigenvalue weighted by molar-refractivity contribution is 5.92. The normalized spacial score (nSPS) is 12.0. The Labute approximate surface area is 124 Å². The zero-order valence-corrected chi connectivity index (χ0v) is 12.8. The zero-order valence-electron chi connectivity index (χ0n) is 12.8. The van der Waals surface area contributed by atoms with Gasteiger partial charge >= 0.3 is 5.97 Å². The zero-order chi connectivity index (χ0) is 15.6. The van der Waals surface area contributed by atoms with Gasteiger partial charge in [-0.05, 0) is 31.0 Å². The standard InChI is InChI=1S/C16H22N2O3/c1-16(2,3)15-17-12-7-6-11(14(20)21)10-13(12)18(15)8-4-5-9-19/h6-7,10,19H,4-5,8-9H2,1-3H3,(H,20,21). The third-order valence-corrected chi connectivity index (χ3v) is 3.46. The number of aromatic nitrogens is 2. The van der Waals surface area contributed by atoms with Crippen molar-refractivity contribution in [3.8, 4) is 0 Å². The third kappa shape index (κ3) is 3.24. The first-order valence-electron chi connectivity index (χ1n) is 7.19. The molecule has 0 unspecified atom stereocenters. The predicted molar refractivity (Wildman–Crippen MR) is 81.7 cm³/mol. The van der Waals surface area contributed by atoms with Crippen molar-refractivity contribution in [2.45, 2.75) is 45.6 Å². The van der Waals surface area contributed by atoms with Crippen molar-refractivity contribution in [2.75, 3.05) is 6.61 Å². The van der Waals surface area contributed by atoms with E-state index in [9.17, 15) is 4.79 Å². The smallest absolute Gasteiger partial charge is 0.335 e. The summed E-state index contributed by atoms with van der Waals surface area (Å²) in [6.07, 6.45) is 1.56. The minimum absolute atomic E-state index is 0.123. The van der Waals surface area contributed by atoms with Gasteiger partial charge in [-0.3, -0.25) is 0 Å². The summed E-state index contributed by atoms with van der Waals surface area (Å²) in [6, 6.07) is 5.03. The van der Waals surface area contributed by atoms with Gasteiger partial charge in [0.1, 0.15) is 5.82 Å². The van der Waals surface area contributed by atoms with Gasteiger partial charge in [0.2, 0.25) is 0 Å². The van der Waals surface area contributed by atoms with Gasteiger partial charge in [-0.15, -0.1) is 0 Å². The lowest BCUT2D eigenvalue weighted by atomic mass is 9.95. The highest BCUT2D eigenvalue weighted by Gasteiger charge is 2.23. The van der Waals surface area contributed by atoms with Crippen LogP contribution < -0.4 is 0 Å². The molecular weight excluding hydrogens is 268 g/mol. The number of carboxylic acids is 1. The van der Waals surface area contributed by atoms with Crippen molar-refractivity contribution in [1.29, 1.82) is 0 Å². The first kappa shape index (κ1) is 15.5. The predicted octanol–water partition coefficient (Wildman–Crippen LogP) is 2.80. The molecule has 0 amide bonds. The number of nitrogens with zero attached hydrogens (tertiary/aromatic N) is 2. The number of imidazole rings is 1. The topological polar surface area (TPSA) is 75.3 Å². The molecular formula is C16H22N2O3. The van der Waals surface area contributed by atoms with Crippen molar-refractivity contribution < 1.29 is 15.0 Å². The van der Waals surface area contributed by atoms with Crippen LogP contribution in [0.4, 0.5) is 0 Å². The van der Waals surface area contributed by atoms with Crippen LogP contribution in [0.25, 0.3) is 11.0 Å². The Morgan fingerprint density at radius 1 is 1.29 bits per heavy atom. The Bertz CT molecular complexity index is 653. The van der Waals surface area contributed by atoms with Gasteiger partial charge in [0, 0.05) is 18.6 Å². The van der Waals surface area contributed by atoms with Crippen LogP contribution in [0.2, 0.25) is 0 Å². The van der Waals surface area contributed by atoms with Crippen LogP contribution in [0, 0.1) is 0 Å². The van der Waals surface area contributed by atoms with E-state index in [4.69, 9.17) is 10.2 Å². The summed E-state index contributed by atoms with van der Waals surface area (Å²) in [7, 11) is 0. The lowest BCUT2D eigenvalue weighted by Gasteiger charge is -2.20. The summed E-state index contributed by atoms with van der Waals surface area (Å²) in [4.78, 5) is 15.8. The van der Waals surface area contributed by atoms with E-state index < -0.39 is 5.97 Å². The number of aromatic carboxylic acids is 1. The number of unbranched alkanes of at least 4 members (excludes halogenated alkanes) is 1. The third-order valence-electron chi connectivity index (χ3n) is 3.46. The van der Waals surface area contributed by atoms with Crippen LogP contribution in [0.3, 0.4) is 0 Å². The molecule has 1 heterocycles. The van der Waals surface area contributed by atoms with Crippen LogP contribution in [-0.4, -0.2) is 32.3 Å². The van der Waals surface area contributed by atoms with Gasteiger partial charge in [0.05, 0.1) is 16.6 Å². The fraction of sp³-hybridized carbons (Fsp3) is 0.500. The van der Waals surface area contributed by atoms with E-state index in [1.54, 1.807) is 18.2 Å². The summed E-state index contributed by atoms with van der Waals surface area (Å²) in [5.41, 5.74) is 1.81. The Balaban J connectivity index is 2.56. The van der Waals surface area contributed by atoms with Crippen molar-refractivity contribution in [3.05, 3.63) is 29.6 Å². The molecule has 0 aliphatic rings. The number of hydrogen-bond donors (Lipinski definition) is 2. The van der Waals surface area contributed by atoms with E-state index in [1.165, 1.54) is 0 Å². The number of hydrogen-bond acceptors (Lipinski definition) is 3. The molecule has 0 aliphatic carbocycles. The van der Waals surface area contributed by atoms with E-state index in [2.05, 4.69) is 30.3 Å². The van der Waals surface area contributed by atoms with Gasteiger partial charge in [0.15, 0.2) is 0 Å². The summed E-state index contributed by atoms with van der Waals surface area (Å²) in [5.74, 6) is 0.00953. The molecule has 0 saturated carbocycles. The molecule has 0 fully saturated rings. The van der Waals surface area contributed by atoms with E-state index in [-0.39, 0.29) is 17.6 Å². The molecule has 5 nitrogen and oxygen atoms in total. The first-order valence-corrected chi connectivity index (χ1v) is 7.19. The molecule has 0 saturated heterocycles. The van der Waals surface area contributed by atoms with E-state index in [0.29, 0.717) is 0 Å². The van der Waals surface area contributed by atoms with E-state index >= 15 is 0 Å². The molecule has 2 N–H and O–H groups in total. The van der Waals surface area contributed by atoms with Crippen LogP contribution in [0.1, 0.15) is 49.8 Å². The highest BCUT2D eigenvalue weighted by Crippen LogP contribution is 2.27. The number of carboxylic acid groups (broad SMARTS) is 1. The molecule has 1 aromatic carbocycles. The van der Waals surface area contributed by atoms with Crippen molar-refractivity contribution in [2.24, 2.45) is 0 Å². The van der Waals surface area contributed by atoms with Gasteiger partial charge < -0.3 is 14.8 Å². The maximum absolute atomic E-state index is 11.2. The molecule has 2 rings (SSSR count). The molecule has 0 atom stereocenters. The van der Waals surface area contributed by atoms with Crippen LogP contribution in [0.15, 0.2) is 18.2 Å². The fourth-order valence-electron chi connectivity index (χ4n) is 2.44. The van der Waals surface area contributed by atoms with E-state index in [0.717, 1.165) is 36.2 Å². The number of aryl methyl sites for hydroxylation is 1. The molecule has 0 radical (unpaired) electrons. The number of fused-ring (bicyclic) bond motifs is 1. The summed E-state index contributed by atoms with van der Waals surface area (Å²) >= 11 is 0.